The Labute approximate surface area is 107 Å². The molecule has 96 valence electrons. The van der Waals surface area contributed by atoms with Crippen LogP contribution < -0.4 is 5.32 Å². The monoisotopic (exact) mass is 245 g/mol. The van der Waals surface area contributed by atoms with E-state index in [-0.39, 0.29) is 0 Å². The van der Waals surface area contributed by atoms with Crippen LogP contribution in [0.1, 0.15) is 19.8 Å². The van der Waals surface area contributed by atoms with Crippen molar-refractivity contribution < 1.29 is 4.42 Å². The van der Waals surface area contributed by atoms with Crippen molar-refractivity contribution in [3.8, 4) is 0 Å². The third kappa shape index (κ3) is 2.20. The van der Waals surface area contributed by atoms with E-state index >= 15 is 0 Å². The van der Waals surface area contributed by atoms with Gasteiger partial charge in [0.25, 0.3) is 0 Å². The predicted octanol–water partition coefficient (Wildman–Crippen LogP) is 2.72. The Hall–Kier alpha value is -1.55. The molecule has 0 aromatic carbocycles. The Morgan fingerprint density at radius 3 is 3.06 bits per heavy atom. The van der Waals surface area contributed by atoms with E-state index in [1.165, 1.54) is 25.9 Å². The number of pyridine rings is 1. The number of hydrogen-bond donors (Lipinski definition) is 1. The molecule has 2 aromatic heterocycles. The van der Waals surface area contributed by atoms with E-state index < -0.39 is 0 Å². The molecule has 1 N–H and O–H groups in total. The molecule has 3 heterocycles. The second kappa shape index (κ2) is 4.98. The van der Waals surface area contributed by atoms with Crippen molar-refractivity contribution in [2.45, 2.75) is 25.8 Å². The van der Waals surface area contributed by atoms with Crippen LogP contribution in [0.15, 0.2) is 29.0 Å². The average molecular weight is 245 g/mol. The number of furan rings is 1. The molecule has 4 nitrogen and oxygen atoms in total. The van der Waals surface area contributed by atoms with E-state index in [2.05, 4.69) is 22.1 Å². The van der Waals surface area contributed by atoms with Crippen LogP contribution in [0.2, 0.25) is 0 Å². The molecule has 4 heteroatoms. The van der Waals surface area contributed by atoms with Crippen molar-refractivity contribution in [3.63, 3.8) is 0 Å². The summed E-state index contributed by atoms with van der Waals surface area (Å²) >= 11 is 0. The average Bonchev–Trinajstić information content (AvgIpc) is 3.05. The Bertz CT molecular complexity index is 516. The van der Waals surface area contributed by atoms with Crippen LogP contribution in [0.4, 0.5) is 5.82 Å². The Kier molecular flexibility index (Phi) is 3.19. The highest BCUT2D eigenvalue weighted by atomic mass is 16.3. The molecule has 0 radical (unpaired) electrons. The highest BCUT2D eigenvalue weighted by Gasteiger charge is 2.18. The van der Waals surface area contributed by atoms with Gasteiger partial charge in [0.2, 0.25) is 0 Å². The molecular formula is C14H19N3O. The zero-order valence-electron chi connectivity index (χ0n) is 10.7. The van der Waals surface area contributed by atoms with E-state index in [0.29, 0.717) is 6.04 Å². The summed E-state index contributed by atoms with van der Waals surface area (Å²) in [4.78, 5) is 6.92. The first kappa shape index (κ1) is 11.5. The minimum absolute atomic E-state index is 0.552. The molecule has 0 amide bonds. The zero-order valence-corrected chi connectivity index (χ0v) is 10.7. The predicted molar refractivity (Wildman–Crippen MR) is 72.8 cm³/mol. The first-order chi connectivity index (χ1) is 8.84. The van der Waals surface area contributed by atoms with Crippen LogP contribution in [0, 0.1) is 0 Å². The van der Waals surface area contributed by atoms with Crippen molar-refractivity contribution in [1.29, 1.82) is 0 Å². The van der Waals surface area contributed by atoms with Crippen LogP contribution in [-0.2, 0) is 0 Å². The van der Waals surface area contributed by atoms with Gasteiger partial charge < -0.3 is 9.73 Å². The summed E-state index contributed by atoms with van der Waals surface area (Å²) in [6.07, 6.45) is 6.16. The normalized spacial score (nSPS) is 18.3. The molecule has 1 saturated heterocycles. The fourth-order valence-corrected chi connectivity index (χ4v) is 2.59. The minimum atomic E-state index is 0.552. The largest absolute Gasteiger partial charge is 0.464 e. The highest BCUT2D eigenvalue weighted by molar-refractivity contribution is 5.87. The number of hydrogen-bond acceptors (Lipinski definition) is 4. The minimum Gasteiger partial charge on any atom is -0.464 e. The number of likely N-dealkylation sites (tertiary alicyclic amines) is 1. The molecule has 3 rings (SSSR count). The van der Waals surface area contributed by atoms with E-state index in [4.69, 9.17) is 4.42 Å². The molecule has 2 aromatic rings. The Morgan fingerprint density at radius 2 is 2.22 bits per heavy atom. The molecule has 0 aliphatic carbocycles. The van der Waals surface area contributed by atoms with Gasteiger partial charge in [0.1, 0.15) is 11.4 Å². The van der Waals surface area contributed by atoms with E-state index in [9.17, 15) is 0 Å². The first-order valence-electron chi connectivity index (χ1n) is 6.65. The van der Waals surface area contributed by atoms with Gasteiger partial charge >= 0.3 is 0 Å². The fraction of sp³-hybridized carbons (Fsp3) is 0.500. The third-order valence-corrected chi connectivity index (χ3v) is 3.71. The van der Waals surface area contributed by atoms with Gasteiger partial charge in [-0.3, -0.25) is 4.90 Å². The standard InChI is InChI=1S/C14H19N3O/c1-11(17-7-2-3-8-17)10-16-14-12-5-9-18-13(12)4-6-15-14/h4-6,9,11H,2-3,7-8,10H2,1H3,(H,15,16). The van der Waals surface area contributed by atoms with E-state index in [1.54, 1.807) is 12.5 Å². The highest BCUT2D eigenvalue weighted by Crippen LogP contribution is 2.22. The second-order valence-corrected chi connectivity index (χ2v) is 4.96. The van der Waals surface area contributed by atoms with Gasteiger partial charge in [-0.25, -0.2) is 4.98 Å². The molecule has 0 saturated carbocycles. The van der Waals surface area contributed by atoms with Gasteiger partial charge in [0.05, 0.1) is 11.6 Å². The quantitative estimate of drug-likeness (QED) is 0.899. The van der Waals surface area contributed by atoms with Crippen LogP contribution >= 0.6 is 0 Å². The maximum absolute atomic E-state index is 5.37. The van der Waals surface area contributed by atoms with E-state index in [1.807, 2.05) is 12.1 Å². The number of rotatable bonds is 4. The second-order valence-electron chi connectivity index (χ2n) is 4.96. The third-order valence-electron chi connectivity index (χ3n) is 3.71. The van der Waals surface area contributed by atoms with Crippen molar-refractivity contribution >= 4 is 16.8 Å². The molecule has 18 heavy (non-hydrogen) atoms. The van der Waals surface area contributed by atoms with Gasteiger partial charge in [-0.05, 0) is 45.0 Å². The van der Waals surface area contributed by atoms with Gasteiger partial charge in [0.15, 0.2) is 0 Å². The number of anilines is 1. The Morgan fingerprint density at radius 1 is 1.39 bits per heavy atom. The number of nitrogens with zero attached hydrogens (tertiary/aromatic N) is 2. The lowest BCUT2D eigenvalue weighted by Gasteiger charge is -2.24. The van der Waals surface area contributed by atoms with Crippen LogP contribution in [-0.4, -0.2) is 35.6 Å². The molecular weight excluding hydrogens is 226 g/mol. The van der Waals surface area contributed by atoms with Crippen molar-refractivity contribution in [2.75, 3.05) is 25.0 Å². The summed E-state index contributed by atoms with van der Waals surface area (Å²) in [6, 6.07) is 4.41. The molecule has 1 aliphatic rings. The van der Waals surface area contributed by atoms with Gasteiger partial charge in [-0.1, -0.05) is 0 Å². The molecule has 1 unspecified atom stereocenters. The molecule has 0 bridgehead atoms. The van der Waals surface area contributed by atoms with Gasteiger partial charge in [-0.2, -0.15) is 0 Å². The summed E-state index contributed by atoms with van der Waals surface area (Å²) in [5.74, 6) is 0.923. The van der Waals surface area contributed by atoms with Crippen molar-refractivity contribution in [2.24, 2.45) is 0 Å². The first-order valence-corrected chi connectivity index (χ1v) is 6.65. The number of nitrogens with one attached hydrogen (secondary N) is 1. The smallest absolute Gasteiger partial charge is 0.139 e. The van der Waals surface area contributed by atoms with Gasteiger partial charge in [-0.15, -0.1) is 0 Å². The topological polar surface area (TPSA) is 41.3 Å². The lowest BCUT2D eigenvalue weighted by molar-refractivity contribution is 0.269. The molecule has 0 spiro atoms. The van der Waals surface area contributed by atoms with Crippen molar-refractivity contribution in [3.05, 3.63) is 24.6 Å². The maximum atomic E-state index is 5.37. The summed E-state index contributed by atoms with van der Waals surface area (Å²) < 4.78 is 5.37. The SMILES string of the molecule is CC(CNc1nccc2occc12)N1CCCC1. The van der Waals surface area contributed by atoms with Crippen LogP contribution in [0.3, 0.4) is 0 Å². The molecule has 1 aliphatic heterocycles. The number of fused-ring (bicyclic) bond motifs is 1. The summed E-state index contributed by atoms with van der Waals surface area (Å²) in [5.41, 5.74) is 0.890. The Balaban J connectivity index is 1.67. The van der Waals surface area contributed by atoms with Crippen LogP contribution in [0.5, 0.6) is 0 Å². The summed E-state index contributed by atoms with van der Waals surface area (Å²) in [5, 5.41) is 4.50. The summed E-state index contributed by atoms with van der Waals surface area (Å²) in [7, 11) is 0. The number of aromatic nitrogens is 1. The van der Waals surface area contributed by atoms with Gasteiger partial charge in [0, 0.05) is 18.8 Å². The lowest BCUT2D eigenvalue weighted by Crippen LogP contribution is -2.35. The zero-order chi connectivity index (χ0) is 12.4. The summed E-state index contributed by atoms with van der Waals surface area (Å²) in [6.45, 7) is 5.66. The maximum Gasteiger partial charge on any atom is 0.139 e. The lowest BCUT2D eigenvalue weighted by atomic mass is 10.2. The molecule has 1 atom stereocenters. The molecule has 1 fully saturated rings. The fourth-order valence-electron chi connectivity index (χ4n) is 2.59. The van der Waals surface area contributed by atoms with Crippen molar-refractivity contribution in [1.82, 2.24) is 9.88 Å². The van der Waals surface area contributed by atoms with Crippen LogP contribution in [0.25, 0.3) is 11.0 Å². The van der Waals surface area contributed by atoms with E-state index in [0.717, 1.165) is 23.3 Å².